The average Bonchev–Trinajstić information content (AvgIpc) is 3.09. The fraction of sp³-hybridized carbons (Fsp3) is 0.632. The van der Waals surface area contributed by atoms with Crippen molar-refractivity contribution in [2.45, 2.75) is 26.2 Å². The number of anilines is 1. The van der Waals surface area contributed by atoms with Gasteiger partial charge in [-0.15, -0.1) is 0 Å². The Kier molecular flexibility index (Phi) is 5.48. The van der Waals surface area contributed by atoms with Crippen molar-refractivity contribution < 1.29 is 9.53 Å². The normalized spacial score (nSPS) is 21.8. The van der Waals surface area contributed by atoms with Crippen LogP contribution < -0.4 is 15.0 Å². The van der Waals surface area contributed by atoms with Gasteiger partial charge in [0.1, 0.15) is 5.75 Å². The van der Waals surface area contributed by atoms with Crippen LogP contribution in [0, 0.1) is 11.8 Å². The minimum absolute atomic E-state index is 0.116. The average molecular weight is 331 g/mol. The molecule has 0 saturated carbocycles. The van der Waals surface area contributed by atoms with Crippen molar-refractivity contribution in [3.05, 3.63) is 24.3 Å². The van der Waals surface area contributed by atoms with E-state index in [4.69, 9.17) is 4.74 Å². The Balaban J connectivity index is 1.43. The standard InChI is InChI=1S/C19H29N3O2/c1-15-7-10-21(11-8-15)19(23)20-13-16-9-12-22(14-16)17-3-5-18(24-2)6-4-17/h3-6,15-16H,7-14H2,1-2H3,(H,20,23). The van der Waals surface area contributed by atoms with E-state index < -0.39 is 0 Å². The van der Waals surface area contributed by atoms with E-state index in [0.717, 1.165) is 63.7 Å². The maximum atomic E-state index is 12.3. The highest BCUT2D eigenvalue weighted by molar-refractivity contribution is 5.74. The van der Waals surface area contributed by atoms with E-state index in [-0.39, 0.29) is 6.03 Å². The van der Waals surface area contributed by atoms with Crippen LogP contribution in [0.1, 0.15) is 26.2 Å². The van der Waals surface area contributed by atoms with Crippen molar-refractivity contribution in [3.63, 3.8) is 0 Å². The number of hydrogen-bond acceptors (Lipinski definition) is 3. The highest BCUT2D eigenvalue weighted by Crippen LogP contribution is 2.25. The summed E-state index contributed by atoms with van der Waals surface area (Å²) in [5, 5.41) is 3.14. The van der Waals surface area contributed by atoms with E-state index in [9.17, 15) is 4.79 Å². The molecule has 24 heavy (non-hydrogen) atoms. The van der Waals surface area contributed by atoms with Crippen LogP contribution >= 0.6 is 0 Å². The van der Waals surface area contributed by atoms with Crippen molar-refractivity contribution >= 4 is 11.7 Å². The monoisotopic (exact) mass is 331 g/mol. The second kappa shape index (κ2) is 7.77. The second-order valence-corrected chi connectivity index (χ2v) is 7.15. The molecule has 2 fully saturated rings. The van der Waals surface area contributed by atoms with Crippen LogP contribution in [0.2, 0.25) is 0 Å². The van der Waals surface area contributed by atoms with E-state index in [1.165, 1.54) is 5.69 Å². The highest BCUT2D eigenvalue weighted by atomic mass is 16.5. The van der Waals surface area contributed by atoms with Gasteiger partial charge in [0.05, 0.1) is 7.11 Å². The van der Waals surface area contributed by atoms with Crippen molar-refractivity contribution in [2.75, 3.05) is 44.7 Å². The van der Waals surface area contributed by atoms with Gasteiger partial charge in [0.25, 0.3) is 0 Å². The van der Waals surface area contributed by atoms with Crippen LogP contribution in [0.4, 0.5) is 10.5 Å². The highest BCUT2D eigenvalue weighted by Gasteiger charge is 2.25. The molecule has 1 atom stereocenters. The van der Waals surface area contributed by atoms with Crippen LogP contribution in [-0.2, 0) is 0 Å². The number of piperidine rings is 1. The van der Waals surface area contributed by atoms with Crippen LogP contribution in [0.5, 0.6) is 5.75 Å². The molecule has 2 aliphatic rings. The van der Waals surface area contributed by atoms with Gasteiger partial charge in [0, 0.05) is 38.4 Å². The van der Waals surface area contributed by atoms with Gasteiger partial charge >= 0.3 is 6.03 Å². The Morgan fingerprint density at radius 1 is 1.17 bits per heavy atom. The van der Waals surface area contributed by atoms with Crippen LogP contribution in [0.3, 0.4) is 0 Å². The fourth-order valence-electron chi connectivity index (χ4n) is 3.58. The lowest BCUT2D eigenvalue weighted by Crippen LogP contribution is -2.45. The van der Waals surface area contributed by atoms with E-state index in [1.807, 2.05) is 17.0 Å². The lowest BCUT2D eigenvalue weighted by Gasteiger charge is -2.30. The first-order chi connectivity index (χ1) is 11.7. The number of ether oxygens (including phenoxy) is 1. The molecular formula is C19H29N3O2. The molecule has 0 spiro atoms. The number of methoxy groups -OCH3 is 1. The van der Waals surface area contributed by atoms with Crippen LogP contribution in [0.25, 0.3) is 0 Å². The van der Waals surface area contributed by atoms with Gasteiger partial charge in [-0.2, -0.15) is 0 Å². The predicted octanol–water partition coefficient (Wildman–Crippen LogP) is 2.96. The molecule has 0 bridgehead atoms. The third-order valence-electron chi connectivity index (χ3n) is 5.34. The molecule has 1 aromatic carbocycles. The van der Waals surface area contributed by atoms with E-state index >= 15 is 0 Å². The van der Waals surface area contributed by atoms with Gasteiger partial charge in [0.2, 0.25) is 0 Å². The number of benzene rings is 1. The number of urea groups is 1. The molecule has 2 aliphatic heterocycles. The van der Waals surface area contributed by atoms with Gasteiger partial charge in [-0.3, -0.25) is 0 Å². The van der Waals surface area contributed by atoms with Gasteiger partial charge in [-0.25, -0.2) is 4.79 Å². The molecule has 132 valence electrons. The summed E-state index contributed by atoms with van der Waals surface area (Å²) in [4.78, 5) is 16.6. The van der Waals surface area contributed by atoms with E-state index in [1.54, 1.807) is 7.11 Å². The van der Waals surface area contributed by atoms with E-state index in [2.05, 4.69) is 29.3 Å². The van der Waals surface area contributed by atoms with Crippen LogP contribution in [0.15, 0.2) is 24.3 Å². The summed E-state index contributed by atoms with van der Waals surface area (Å²) >= 11 is 0. The van der Waals surface area contributed by atoms with Crippen LogP contribution in [-0.4, -0.2) is 50.8 Å². The van der Waals surface area contributed by atoms with E-state index in [0.29, 0.717) is 5.92 Å². The summed E-state index contributed by atoms with van der Waals surface area (Å²) in [6.07, 6.45) is 3.38. The Labute approximate surface area is 145 Å². The lowest BCUT2D eigenvalue weighted by atomic mass is 10.00. The zero-order valence-electron chi connectivity index (χ0n) is 14.8. The number of likely N-dealkylation sites (tertiary alicyclic amines) is 1. The molecule has 2 amide bonds. The SMILES string of the molecule is COc1ccc(N2CCC(CNC(=O)N3CCC(C)CC3)C2)cc1. The fourth-order valence-corrected chi connectivity index (χ4v) is 3.58. The number of amides is 2. The predicted molar refractivity (Wildman–Crippen MR) is 96.7 cm³/mol. The maximum Gasteiger partial charge on any atom is 0.317 e. The minimum Gasteiger partial charge on any atom is -0.497 e. The summed E-state index contributed by atoms with van der Waals surface area (Å²) < 4.78 is 5.21. The smallest absolute Gasteiger partial charge is 0.317 e. The zero-order valence-corrected chi connectivity index (χ0v) is 14.8. The molecule has 2 heterocycles. The summed E-state index contributed by atoms with van der Waals surface area (Å²) in [5.74, 6) is 2.17. The summed E-state index contributed by atoms with van der Waals surface area (Å²) in [6, 6.07) is 8.33. The molecule has 5 nitrogen and oxygen atoms in total. The summed E-state index contributed by atoms with van der Waals surface area (Å²) in [6.45, 7) is 6.89. The van der Waals surface area contributed by atoms with Gasteiger partial charge in [-0.1, -0.05) is 6.92 Å². The van der Waals surface area contributed by atoms with Crippen molar-refractivity contribution in [3.8, 4) is 5.75 Å². The maximum absolute atomic E-state index is 12.3. The number of rotatable bonds is 4. The summed E-state index contributed by atoms with van der Waals surface area (Å²) in [5.41, 5.74) is 1.23. The third kappa shape index (κ3) is 4.13. The minimum atomic E-state index is 0.116. The Morgan fingerprint density at radius 3 is 2.54 bits per heavy atom. The molecule has 0 radical (unpaired) electrons. The number of carbonyl (C=O) groups excluding carboxylic acids is 1. The Bertz CT molecular complexity index is 538. The zero-order chi connectivity index (χ0) is 16.9. The topological polar surface area (TPSA) is 44.8 Å². The largest absolute Gasteiger partial charge is 0.497 e. The molecule has 1 unspecified atom stereocenters. The molecule has 3 rings (SSSR count). The van der Waals surface area contributed by atoms with Crippen molar-refractivity contribution in [2.24, 2.45) is 11.8 Å². The van der Waals surface area contributed by atoms with Crippen molar-refractivity contribution in [1.82, 2.24) is 10.2 Å². The first-order valence-electron chi connectivity index (χ1n) is 9.07. The van der Waals surface area contributed by atoms with Crippen molar-refractivity contribution in [1.29, 1.82) is 0 Å². The number of nitrogens with zero attached hydrogens (tertiary/aromatic N) is 2. The van der Waals surface area contributed by atoms with Gasteiger partial charge < -0.3 is 19.9 Å². The molecule has 1 N–H and O–H groups in total. The third-order valence-corrected chi connectivity index (χ3v) is 5.34. The number of nitrogens with one attached hydrogen (secondary N) is 1. The molecule has 0 aliphatic carbocycles. The quantitative estimate of drug-likeness (QED) is 0.922. The Morgan fingerprint density at radius 2 is 1.88 bits per heavy atom. The summed E-state index contributed by atoms with van der Waals surface area (Å²) in [7, 11) is 1.69. The molecule has 0 aromatic heterocycles. The lowest BCUT2D eigenvalue weighted by molar-refractivity contribution is 0.173. The van der Waals surface area contributed by atoms with Gasteiger partial charge in [-0.05, 0) is 55.4 Å². The molecule has 5 heteroatoms. The Hall–Kier alpha value is -1.91. The first kappa shape index (κ1) is 16.9. The number of hydrogen-bond donors (Lipinski definition) is 1. The molecule has 1 aromatic rings. The second-order valence-electron chi connectivity index (χ2n) is 7.15. The molecular weight excluding hydrogens is 302 g/mol. The first-order valence-corrected chi connectivity index (χ1v) is 9.07. The molecule has 2 saturated heterocycles. The number of carbonyl (C=O) groups is 1. The van der Waals surface area contributed by atoms with Gasteiger partial charge in [0.15, 0.2) is 0 Å².